The maximum atomic E-state index is 13.4. The molecule has 0 spiro atoms. The minimum Gasteiger partial charge on any atom is -0.497 e. The van der Waals surface area contributed by atoms with Gasteiger partial charge in [-0.2, -0.15) is 0 Å². The van der Waals surface area contributed by atoms with Gasteiger partial charge >= 0.3 is 0 Å². The topological polar surface area (TPSA) is 78.6 Å². The van der Waals surface area contributed by atoms with Crippen molar-refractivity contribution in [3.63, 3.8) is 0 Å². The quantitative estimate of drug-likeness (QED) is 0.681. The second-order valence-corrected chi connectivity index (χ2v) is 9.08. The zero-order valence-corrected chi connectivity index (χ0v) is 16.9. The number of sulfone groups is 1. The molecule has 144 valence electrons. The van der Waals surface area contributed by atoms with Crippen LogP contribution in [0.25, 0.3) is 0 Å². The van der Waals surface area contributed by atoms with Gasteiger partial charge in [-0.1, -0.05) is 42.5 Å². The van der Waals surface area contributed by atoms with Gasteiger partial charge in [-0.3, -0.25) is 0 Å². The average molecular weight is 406 g/mol. The SMILES string of the molecule is CCOC[C@]1(C(N)=S)[C@H](c2ccc(OC)cc2)[C@@H]1S(=O)(=O)c1ccccc1. The van der Waals surface area contributed by atoms with Crippen molar-refractivity contribution in [3.8, 4) is 5.75 Å². The Balaban J connectivity index is 2.08. The van der Waals surface area contributed by atoms with E-state index in [1.807, 2.05) is 31.2 Å². The summed E-state index contributed by atoms with van der Waals surface area (Å²) in [6.07, 6.45) is 0. The summed E-state index contributed by atoms with van der Waals surface area (Å²) in [6, 6.07) is 15.8. The third kappa shape index (κ3) is 3.35. The van der Waals surface area contributed by atoms with E-state index in [0.29, 0.717) is 12.4 Å². The van der Waals surface area contributed by atoms with Crippen molar-refractivity contribution in [2.24, 2.45) is 11.1 Å². The van der Waals surface area contributed by atoms with Crippen LogP contribution in [0.15, 0.2) is 59.5 Å². The lowest BCUT2D eigenvalue weighted by molar-refractivity contribution is 0.121. The molecule has 1 fully saturated rings. The van der Waals surface area contributed by atoms with Crippen LogP contribution in [0.4, 0.5) is 0 Å². The van der Waals surface area contributed by atoms with E-state index < -0.39 is 20.5 Å². The average Bonchev–Trinajstić information content (AvgIpc) is 3.38. The number of hydrogen-bond acceptors (Lipinski definition) is 5. The van der Waals surface area contributed by atoms with E-state index in [1.54, 1.807) is 37.4 Å². The molecule has 0 radical (unpaired) electrons. The maximum Gasteiger partial charge on any atom is 0.182 e. The van der Waals surface area contributed by atoms with E-state index in [4.69, 9.17) is 27.4 Å². The molecule has 0 saturated heterocycles. The van der Waals surface area contributed by atoms with Crippen molar-refractivity contribution in [2.75, 3.05) is 20.3 Å². The molecule has 1 aliphatic carbocycles. The number of benzene rings is 2. The van der Waals surface area contributed by atoms with Gasteiger partial charge in [-0.25, -0.2) is 8.42 Å². The van der Waals surface area contributed by atoms with E-state index in [2.05, 4.69) is 0 Å². The molecule has 27 heavy (non-hydrogen) atoms. The first kappa shape index (κ1) is 19.8. The van der Waals surface area contributed by atoms with Gasteiger partial charge in [0.1, 0.15) is 5.75 Å². The summed E-state index contributed by atoms with van der Waals surface area (Å²) >= 11 is 5.34. The molecule has 0 heterocycles. The van der Waals surface area contributed by atoms with Gasteiger partial charge in [-0.05, 0) is 36.8 Å². The van der Waals surface area contributed by atoms with Crippen LogP contribution < -0.4 is 10.5 Å². The number of ether oxygens (including phenoxy) is 2. The van der Waals surface area contributed by atoms with Gasteiger partial charge in [-0.15, -0.1) is 0 Å². The number of hydrogen-bond donors (Lipinski definition) is 1. The minimum absolute atomic E-state index is 0.168. The molecule has 2 N–H and O–H groups in total. The van der Waals surface area contributed by atoms with Crippen molar-refractivity contribution < 1.29 is 17.9 Å². The zero-order chi connectivity index (χ0) is 19.7. The minimum atomic E-state index is -3.64. The molecule has 1 aliphatic rings. The van der Waals surface area contributed by atoms with Crippen molar-refractivity contribution in [2.45, 2.75) is 23.0 Å². The molecule has 3 atom stereocenters. The molecule has 0 aliphatic heterocycles. The molecule has 0 amide bonds. The lowest BCUT2D eigenvalue weighted by atomic mass is 10.00. The summed E-state index contributed by atoms with van der Waals surface area (Å²) in [5.41, 5.74) is 6.02. The van der Waals surface area contributed by atoms with Crippen LogP contribution in [0.2, 0.25) is 0 Å². The van der Waals surface area contributed by atoms with Gasteiger partial charge in [0.2, 0.25) is 0 Å². The van der Waals surface area contributed by atoms with Crippen LogP contribution in [0, 0.1) is 5.41 Å². The zero-order valence-electron chi connectivity index (χ0n) is 15.3. The maximum absolute atomic E-state index is 13.4. The fraction of sp³-hybridized carbons (Fsp3) is 0.350. The molecule has 0 bridgehead atoms. The monoisotopic (exact) mass is 405 g/mol. The smallest absolute Gasteiger partial charge is 0.182 e. The molecule has 2 aromatic carbocycles. The fourth-order valence-corrected chi connectivity index (χ4v) is 6.50. The number of thiocarbonyl (C=S) groups is 1. The number of methoxy groups -OCH3 is 1. The van der Waals surface area contributed by atoms with Gasteiger partial charge in [0.25, 0.3) is 0 Å². The Bertz CT molecular complexity index is 913. The Morgan fingerprint density at radius 1 is 1.15 bits per heavy atom. The van der Waals surface area contributed by atoms with E-state index in [0.717, 1.165) is 5.56 Å². The molecule has 3 rings (SSSR count). The normalized spacial score (nSPS) is 24.4. The summed E-state index contributed by atoms with van der Waals surface area (Å²) in [5.74, 6) is 0.338. The first-order valence-corrected chi connectivity index (χ1v) is 10.7. The van der Waals surface area contributed by atoms with Crippen molar-refractivity contribution in [3.05, 3.63) is 60.2 Å². The lowest BCUT2D eigenvalue weighted by Gasteiger charge is -2.17. The van der Waals surface area contributed by atoms with E-state index in [-0.39, 0.29) is 22.4 Å². The van der Waals surface area contributed by atoms with Crippen LogP contribution in [0.3, 0.4) is 0 Å². The van der Waals surface area contributed by atoms with Crippen molar-refractivity contribution in [1.82, 2.24) is 0 Å². The highest BCUT2D eigenvalue weighted by molar-refractivity contribution is 7.92. The third-order valence-electron chi connectivity index (χ3n) is 5.14. The Kier molecular flexibility index (Phi) is 5.55. The highest BCUT2D eigenvalue weighted by atomic mass is 32.2. The highest BCUT2D eigenvalue weighted by Crippen LogP contribution is 2.64. The van der Waals surface area contributed by atoms with E-state index in [9.17, 15) is 8.42 Å². The van der Waals surface area contributed by atoms with Gasteiger partial charge in [0.15, 0.2) is 9.84 Å². The second-order valence-electron chi connectivity index (χ2n) is 6.57. The van der Waals surface area contributed by atoms with Crippen molar-refractivity contribution >= 4 is 27.0 Å². The summed E-state index contributed by atoms with van der Waals surface area (Å²) in [4.78, 5) is 0.435. The Morgan fingerprint density at radius 3 is 2.30 bits per heavy atom. The lowest BCUT2D eigenvalue weighted by Crippen LogP contribution is -2.33. The first-order chi connectivity index (χ1) is 12.9. The van der Waals surface area contributed by atoms with E-state index >= 15 is 0 Å². The van der Waals surface area contributed by atoms with Crippen LogP contribution in [-0.4, -0.2) is 39.0 Å². The summed E-state index contributed by atoms with van der Waals surface area (Å²) in [6.45, 7) is 2.49. The second kappa shape index (κ2) is 7.58. The molecule has 1 saturated carbocycles. The molecule has 2 aromatic rings. The highest BCUT2D eigenvalue weighted by Gasteiger charge is 2.73. The van der Waals surface area contributed by atoms with Crippen LogP contribution >= 0.6 is 12.2 Å². The van der Waals surface area contributed by atoms with Crippen LogP contribution in [0.1, 0.15) is 18.4 Å². The summed E-state index contributed by atoms with van der Waals surface area (Å²) in [5, 5.41) is -0.759. The van der Waals surface area contributed by atoms with Crippen LogP contribution in [-0.2, 0) is 14.6 Å². The standard InChI is InChI=1S/C20H23NO4S2/c1-3-25-13-20(19(21)26)17(14-9-11-15(24-2)12-10-14)18(20)27(22,23)16-7-5-4-6-8-16/h4-12,17-18H,3,13H2,1-2H3,(H2,21,26)/t17-,18+,20+/m1/s1. The molecule has 0 aromatic heterocycles. The number of nitrogens with two attached hydrogens (primary N) is 1. The van der Waals surface area contributed by atoms with Crippen molar-refractivity contribution in [1.29, 1.82) is 0 Å². The molecule has 7 heteroatoms. The summed E-state index contributed by atoms with van der Waals surface area (Å²) in [7, 11) is -2.05. The van der Waals surface area contributed by atoms with Crippen LogP contribution in [0.5, 0.6) is 5.75 Å². The fourth-order valence-electron chi connectivity index (χ4n) is 3.71. The predicted molar refractivity (Wildman–Crippen MR) is 109 cm³/mol. The molecule has 5 nitrogen and oxygen atoms in total. The Hall–Kier alpha value is -1.96. The third-order valence-corrected chi connectivity index (χ3v) is 7.81. The molecular weight excluding hydrogens is 382 g/mol. The Labute approximate surface area is 165 Å². The molecular formula is C20H23NO4S2. The predicted octanol–water partition coefficient (Wildman–Crippen LogP) is 2.94. The van der Waals surface area contributed by atoms with E-state index in [1.165, 1.54) is 0 Å². The molecule has 0 unspecified atom stereocenters. The largest absolute Gasteiger partial charge is 0.497 e. The Morgan fingerprint density at radius 2 is 1.78 bits per heavy atom. The van der Waals surface area contributed by atoms with Gasteiger partial charge < -0.3 is 15.2 Å². The van der Waals surface area contributed by atoms with Gasteiger partial charge in [0, 0.05) is 12.5 Å². The number of rotatable bonds is 8. The van der Waals surface area contributed by atoms with Gasteiger partial charge in [0.05, 0.1) is 34.3 Å². The summed E-state index contributed by atoms with van der Waals surface area (Å²) < 4.78 is 37.6. The first-order valence-electron chi connectivity index (χ1n) is 8.70.